The molecule has 5 rings (SSSR count). The minimum absolute atomic E-state index is 0.230. The van der Waals surface area contributed by atoms with Crippen molar-refractivity contribution >= 4 is 35.0 Å². The first kappa shape index (κ1) is 23.1. The second-order valence-corrected chi connectivity index (χ2v) is 8.39. The molecular weight excluding hydrogens is 456 g/mol. The molecular formula is C25H26N10O. The van der Waals surface area contributed by atoms with Crippen LogP contribution in [0.25, 0.3) is 11.5 Å². The molecule has 1 aromatic carbocycles. The lowest BCUT2D eigenvalue weighted by molar-refractivity contribution is 0.246. The van der Waals surface area contributed by atoms with E-state index in [0.717, 1.165) is 24.5 Å². The van der Waals surface area contributed by atoms with Gasteiger partial charge in [0.15, 0.2) is 5.82 Å². The highest BCUT2D eigenvalue weighted by atomic mass is 16.2. The van der Waals surface area contributed by atoms with Gasteiger partial charge in [-0.25, -0.2) is 24.7 Å². The Morgan fingerprint density at radius 3 is 2.50 bits per heavy atom. The molecule has 182 valence electrons. The van der Waals surface area contributed by atoms with E-state index >= 15 is 0 Å². The van der Waals surface area contributed by atoms with Gasteiger partial charge in [-0.1, -0.05) is 12.1 Å². The topological polar surface area (TPSA) is 142 Å². The third-order valence-corrected chi connectivity index (χ3v) is 5.48. The normalized spacial score (nSPS) is 12.9. The van der Waals surface area contributed by atoms with Crippen LogP contribution in [0.15, 0.2) is 67.0 Å². The predicted octanol–water partition coefficient (Wildman–Crippen LogP) is 3.47. The number of urea groups is 1. The summed E-state index contributed by atoms with van der Waals surface area (Å²) < 4.78 is 0. The van der Waals surface area contributed by atoms with Crippen LogP contribution >= 0.6 is 0 Å². The van der Waals surface area contributed by atoms with Crippen molar-refractivity contribution in [2.24, 2.45) is 5.92 Å². The van der Waals surface area contributed by atoms with Gasteiger partial charge in [-0.2, -0.15) is 4.98 Å². The number of pyridine rings is 1. The fourth-order valence-electron chi connectivity index (χ4n) is 3.55. The van der Waals surface area contributed by atoms with E-state index in [1.54, 1.807) is 24.5 Å². The van der Waals surface area contributed by atoms with E-state index < -0.39 is 0 Å². The van der Waals surface area contributed by atoms with Gasteiger partial charge in [0.2, 0.25) is 5.95 Å². The number of hydrogen-bond donors (Lipinski definition) is 5. The number of rotatable bonds is 8. The summed E-state index contributed by atoms with van der Waals surface area (Å²) in [7, 11) is 0. The first-order chi connectivity index (χ1) is 17.6. The van der Waals surface area contributed by atoms with Crippen molar-refractivity contribution in [3.05, 3.63) is 72.7 Å². The van der Waals surface area contributed by atoms with Crippen molar-refractivity contribution in [3.8, 4) is 11.5 Å². The van der Waals surface area contributed by atoms with Crippen LogP contribution in [-0.4, -0.2) is 50.6 Å². The molecule has 11 heteroatoms. The Morgan fingerprint density at radius 1 is 0.917 bits per heavy atom. The first-order valence-corrected chi connectivity index (χ1v) is 11.6. The number of hydrogen-bond acceptors (Lipinski definition) is 9. The highest BCUT2D eigenvalue weighted by molar-refractivity contribution is 5.89. The van der Waals surface area contributed by atoms with E-state index in [-0.39, 0.29) is 6.03 Å². The van der Waals surface area contributed by atoms with Gasteiger partial charge in [-0.15, -0.1) is 0 Å². The van der Waals surface area contributed by atoms with Gasteiger partial charge in [-0.05, 0) is 49.4 Å². The lowest BCUT2D eigenvalue weighted by atomic mass is 10.0. The summed E-state index contributed by atoms with van der Waals surface area (Å²) in [6.45, 7) is 4.46. The second kappa shape index (κ2) is 10.7. The van der Waals surface area contributed by atoms with Gasteiger partial charge in [0.05, 0.1) is 0 Å². The molecule has 1 aliphatic rings. The maximum atomic E-state index is 12.2. The number of aromatic nitrogens is 5. The monoisotopic (exact) mass is 482 g/mol. The molecule has 4 heterocycles. The van der Waals surface area contributed by atoms with E-state index in [4.69, 9.17) is 0 Å². The molecule has 36 heavy (non-hydrogen) atoms. The van der Waals surface area contributed by atoms with Crippen LogP contribution in [0.2, 0.25) is 0 Å². The Bertz CT molecular complexity index is 1360. The van der Waals surface area contributed by atoms with Crippen molar-refractivity contribution < 1.29 is 4.79 Å². The van der Waals surface area contributed by atoms with E-state index in [9.17, 15) is 4.79 Å². The molecule has 11 nitrogen and oxygen atoms in total. The van der Waals surface area contributed by atoms with Crippen LogP contribution in [0.1, 0.15) is 5.69 Å². The van der Waals surface area contributed by atoms with Gasteiger partial charge in [0.25, 0.3) is 0 Å². The Kier molecular flexibility index (Phi) is 6.90. The number of nitrogens with zero attached hydrogens (tertiary/aromatic N) is 5. The summed E-state index contributed by atoms with van der Waals surface area (Å²) in [5.41, 5.74) is 3.00. The zero-order chi connectivity index (χ0) is 24.7. The molecule has 0 saturated carbocycles. The molecule has 5 N–H and O–H groups in total. The number of amides is 2. The van der Waals surface area contributed by atoms with Crippen molar-refractivity contribution in [2.75, 3.05) is 35.6 Å². The van der Waals surface area contributed by atoms with Gasteiger partial charge < -0.3 is 26.6 Å². The molecule has 1 saturated heterocycles. The molecule has 0 bridgehead atoms. The van der Waals surface area contributed by atoms with Crippen LogP contribution in [0.3, 0.4) is 0 Å². The predicted molar refractivity (Wildman–Crippen MR) is 138 cm³/mol. The third-order valence-electron chi connectivity index (χ3n) is 5.48. The molecule has 4 aromatic rings. The second-order valence-electron chi connectivity index (χ2n) is 8.39. The van der Waals surface area contributed by atoms with Gasteiger partial charge in [0.1, 0.15) is 17.3 Å². The SMILES string of the molecule is Cc1cccc(-c2nccc(Nc3ccnc(Nc4cccc(NC(=O)NCC5CNC5)c4)n3)n2)n1. The molecule has 3 aromatic heterocycles. The van der Waals surface area contributed by atoms with Gasteiger partial charge in [0, 0.05) is 55.0 Å². The Hall–Kier alpha value is -4.64. The molecule has 0 spiro atoms. The maximum Gasteiger partial charge on any atom is 0.319 e. The number of nitrogens with one attached hydrogen (secondary N) is 5. The number of anilines is 5. The fraction of sp³-hybridized carbons (Fsp3) is 0.200. The number of benzene rings is 1. The Morgan fingerprint density at radius 2 is 1.69 bits per heavy atom. The Balaban J connectivity index is 1.22. The van der Waals surface area contributed by atoms with Crippen LogP contribution in [0.5, 0.6) is 0 Å². The number of carbonyl (C=O) groups is 1. The Labute approximate surface area is 208 Å². The van der Waals surface area contributed by atoms with Crippen molar-refractivity contribution in [3.63, 3.8) is 0 Å². The van der Waals surface area contributed by atoms with Crippen molar-refractivity contribution in [2.45, 2.75) is 6.92 Å². The van der Waals surface area contributed by atoms with Crippen LogP contribution < -0.4 is 26.6 Å². The molecule has 1 aliphatic heterocycles. The zero-order valence-corrected chi connectivity index (χ0v) is 19.7. The fourth-order valence-corrected chi connectivity index (χ4v) is 3.55. The van der Waals surface area contributed by atoms with Crippen LogP contribution in [0.4, 0.5) is 33.8 Å². The van der Waals surface area contributed by atoms with Gasteiger partial charge >= 0.3 is 6.03 Å². The smallest absolute Gasteiger partial charge is 0.319 e. The molecule has 1 fully saturated rings. The van der Waals surface area contributed by atoms with Gasteiger partial charge in [-0.3, -0.25) is 0 Å². The van der Waals surface area contributed by atoms with E-state index in [0.29, 0.717) is 47.3 Å². The first-order valence-electron chi connectivity index (χ1n) is 11.6. The molecule has 0 aliphatic carbocycles. The third kappa shape index (κ3) is 6.07. The van der Waals surface area contributed by atoms with E-state index in [1.165, 1.54) is 0 Å². The van der Waals surface area contributed by atoms with E-state index in [1.807, 2.05) is 49.4 Å². The van der Waals surface area contributed by atoms with E-state index in [2.05, 4.69) is 51.5 Å². The van der Waals surface area contributed by atoms with Crippen molar-refractivity contribution in [1.29, 1.82) is 0 Å². The summed E-state index contributed by atoms with van der Waals surface area (Å²) in [5.74, 6) is 2.56. The van der Waals surface area contributed by atoms with Crippen molar-refractivity contribution in [1.82, 2.24) is 35.6 Å². The standard InChI is InChI=1S/C25H26N10O/c1-16-4-2-7-20(30-16)23-27-10-8-21(34-23)33-22-9-11-28-24(35-22)31-18-5-3-6-19(12-18)32-25(36)29-15-17-13-26-14-17/h2-12,17,26H,13-15H2,1H3,(H2,29,32,36)(H2,27,28,31,33,34,35). The summed E-state index contributed by atoms with van der Waals surface area (Å²) in [5, 5.41) is 15.3. The lowest BCUT2D eigenvalue weighted by Crippen LogP contribution is -2.48. The largest absolute Gasteiger partial charge is 0.337 e. The highest BCUT2D eigenvalue weighted by Crippen LogP contribution is 2.21. The minimum atomic E-state index is -0.230. The number of carbonyl (C=O) groups excluding carboxylic acids is 1. The molecule has 0 radical (unpaired) electrons. The summed E-state index contributed by atoms with van der Waals surface area (Å²) >= 11 is 0. The molecule has 0 unspecified atom stereocenters. The average Bonchev–Trinajstić information content (AvgIpc) is 2.84. The number of aryl methyl sites for hydroxylation is 1. The minimum Gasteiger partial charge on any atom is -0.337 e. The van der Waals surface area contributed by atoms with Crippen LogP contribution in [-0.2, 0) is 0 Å². The summed E-state index contributed by atoms with van der Waals surface area (Å²) in [6, 6.07) is 16.4. The molecule has 2 amide bonds. The maximum absolute atomic E-state index is 12.2. The zero-order valence-electron chi connectivity index (χ0n) is 19.7. The quantitative estimate of drug-likeness (QED) is 0.255. The van der Waals surface area contributed by atoms with Crippen LogP contribution in [0, 0.1) is 12.8 Å². The molecule has 0 atom stereocenters. The lowest BCUT2D eigenvalue weighted by Gasteiger charge is -2.27. The summed E-state index contributed by atoms with van der Waals surface area (Å²) in [4.78, 5) is 34.3. The summed E-state index contributed by atoms with van der Waals surface area (Å²) in [6.07, 6.45) is 3.32. The average molecular weight is 483 g/mol. The highest BCUT2D eigenvalue weighted by Gasteiger charge is 2.17.